The normalized spacial score (nSPS) is 24.9. The van der Waals surface area contributed by atoms with Gasteiger partial charge in [0.25, 0.3) is 0 Å². The van der Waals surface area contributed by atoms with E-state index >= 15 is 0 Å². The van der Waals surface area contributed by atoms with E-state index in [1.165, 1.54) is 22.3 Å². The van der Waals surface area contributed by atoms with Crippen LogP contribution >= 0.6 is 19.7 Å². The quantitative estimate of drug-likeness (QED) is 0.303. The number of hydrogen-bond donors (Lipinski definition) is 0. The predicted octanol–water partition coefficient (Wildman–Crippen LogP) is 6.16. The van der Waals surface area contributed by atoms with Gasteiger partial charge >= 0.3 is 5.97 Å². The minimum atomic E-state index is -2.21. The Bertz CT molecular complexity index is 1020. The molecule has 0 aliphatic heterocycles. The molecule has 0 heterocycles. The molecule has 5 rings (SSSR count). The number of halogens is 1. The molecule has 0 spiro atoms. The van der Waals surface area contributed by atoms with E-state index in [-0.39, 0.29) is 35.3 Å². The van der Waals surface area contributed by atoms with Crippen molar-refractivity contribution in [2.24, 2.45) is 16.7 Å². The highest BCUT2D eigenvalue weighted by molar-refractivity contribution is 7.96. The molecular formula is C30H35ClO2P+. The molecule has 34 heavy (non-hydrogen) atoms. The van der Waals surface area contributed by atoms with E-state index in [1.807, 2.05) is 18.2 Å². The van der Waals surface area contributed by atoms with Crippen LogP contribution in [0.15, 0.2) is 91.0 Å². The van der Waals surface area contributed by atoms with Crippen LogP contribution in [-0.2, 0) is 9.53 Å². The fourth-order valence-corrected chi connectivity index (χ4v) is 10.4. The molecule has 0 saturated heterocycles. The number of esters is 1. The van der Waals surface area contributed by atoms with Gasteiger partial charge in [-0.05, 0) is 67.0 Å². The van der Waals surface area contributed by atoms with Gasteiger partial charge in [-0.1, -0.05) is 75.4 Å². The Morgan fingerprint density at radius 1 is 0.824 bits per heavy atom. The van der Waals surface area contributed by atoms with Crippen molar-refractivity contribution in [2.75, 3.05) is 6.16 Å². The summed E-state index contributed by atoms with van der Waals surface area (Å²) in [5.74, 6) is 0.590. The Morgan fingerprint density at radius 3 is 1.62 bits per heavy atom. The van der Waals surface area contributed by atoms with Gasteiger partial charge in [0.15, 0.2) is 6.16 Å². The Balaban J connectivity index is 0.00000274. The lowest BCUT2D eigenvalue weighted by Gasteiger charge is -2.38. The van der Waals surface area contributed by atoms with Crippen LogP contribution in [0.5, 0.6) is 0 Å². The molecule has 2 aliphatic rings. The predicted molar refractivity (Wildman–Crippen MR) is 146 cm³/mol. The van der Waals surface area contributed by atoms with Gasteiger partial charge in [0.05, 0.1) is 0 Å². The van der Waals surface area contributed by atoms with E-state index in [1.54, 1.807) is 0 Å². The smallest absolute Gasteiger partial charge is 0.345 e. The average molecular weight is 494 g/mol. The van der Waals surface area contributed by atoms with E-state index in [2.05, 4.69) is 93.6 Å². The Morgan fingerprint density at radius 2 is 1.26 bits per heavy atom. The third-order valence-electron chi connectivity index (χ3n) is 8.94. The van der Waals surface area contributed by atoms with Gasteiger partial charge in [-0.2, -0.15) is 0 Å². The standard InChI is InChI=1S/C30H34O2P.ClH/c1-29(2)23-19-20-30(29,3)27(21-23)32-28(31)22-33(24-13-7-4-8-14-24,25-15-9-5-10-16-25)26-17-11-6-12-18-26;/h4-18,23,27H,19-22H2,1-3H3;1H/q+1;/t23-,27+,30+;/m1./s1. The summed E-state index contributed by atoms with van der Waals surface area (Å²) < 4.78 is 6.39. The lowest BCUT2D eigenvalue weighted by molar-refractivity contribution is -0.153. The monoisotopic (exact) mass is 493 g/mol. The summed E-state index contributed by atoms with van der Waals surface area (Å²) >= 11 is 0. The molecule has 3 aromatic carbocycles. The van der Waals surface area contributed by atoms with Gasteiger partial charge in [0, 0.05) is 5.41 Å². The molecule has 2 nitrogen and oxygen atoms in total. The maximum absolute atomic E-state index is 13.8. The van der Waals surface area contributed by atoms with Crippen molar-refractivity contribution in [3.63, 3.8) is 0 Å². The van der Waals surface area contributed by atoms with Crippen LogP contribution in [0.1, 0.15) is 40.0 Å². The van der Waals surface area contributed by atoms with E-state index in [9.17, 15) is 4.79 Å². The molecule has 0 aromatic heterocycles. The lowest BCUT2D eigenvalue weighted by Crippen LogP contribution is -2.41. The molecule has 0 amide bonds. The van der Waals surface area contributed by atoms with Crippen LogP contribution in [0.2, 0.25) is 0 Å². The second-order valence-corrected chi connectivity index (χ2v) is 14.0. The molecule has 0 unspecified atom stereocenters. The molecule has 178 valence electrons. The molecule has 3 atom stereocenters. The number of rotatable bonds is 6. The highest BCUT2D eigenvalue weighted by Gasteiger charge is 2.63. The Hall–Kier alpha value is -2.15. The van der Waals surface area contributed by atoms with Gasteiger partial charge in [0.1, 0.15) is 29.3 Å². The zero-order chi connectivity index (χ0) is 23.1. The first kappa shape index (κ1) is 25.0. The number of ether oxygens (including phenoxy) is 1. The van der Waals surface area contributed by atoms with Crippen LogP contribution in [0, 0.1) is 16.7 Å². The highest BCUT2D eigenvalue weighted by Crippen LogP contribution is 2.66. The van der Waals surface area contributed by atoms with Crippen LogP contribution < -0.4 is 15.9 Å². The summed E-state index contributed by atoms with van der Waals surface area (Å²) in [7, 11) is -2.21. The maximum atomic E-state index is 13.8. The van der Waals surface area contributed by atoms with Gasteiger partial charge in [-0.25, -0.2) is 4.79 Å². The zero-order valence-electron chi connectivity index (χ0n) is 20.3. The number of carbonyl (C=O) groups is 1. The van der Waals surface area contributed by atoms with E-state index in [4.69, 9.17) is 4.74 Å². The van der Waals surface area contributed by atoms with Crippen molar-refractivity contribution in [1.29, 1.82) is 0 Å². The molecule has 0 N–H and O–H groups in total. The molecule has 4 heteroatoms. The SMILES string of the molecule is CC1(C)[C@@H]2CC[C@@]1(C)[C@@H](OC(=O)C[P+](c1ccccc1)(c1ccccc1)c1ccccc1)C2.Cl. The minimum absolute atomic E-state index is 0. The second kappa shape index (κ2) is 9.48. The fourth-order valence-electron chi connectivity index (χ4n) is 6.47. The third kappa shape index (κ3) is 3.90. The topological polar surface area (TPSA) is 26.3 Å². The van der Waals surface area contributed by atoms with E-state index < -0.39 is 7.26 Å². The van der Waals surface area contributed by atoms with Gasteiger partial charge in [0.2, 0.25) is 0 Å². The molecule has 2 bridgehead atoms. The summed E-state index contributed by atoms with van der Waals surface area (Å²) in [4.78, 5) is 13.8. The largest absolute Gasteiger partial charge is 0.459 e. The van der Waals surface area contributed by atoms with Crippen molar-refractivity contribution >= 4 is 41.6 Å². The van der Waals surface area contributed by atoms with Crippen molar-refractivity contribution in [2.45, 2.75) is 46.1 Å². The zero-order valence-corrected chi connectivity index (χ0v) is 22.0. The molecule has 2 fully saturated rings. The molecular weight excluding hydrogens is 459 g/mol. The number of hydrogen-bond acceptors (Lipinski definition) is 2. The van der Waals surface area contributed by atoms with Crippen molar-refractivity contribution in [3.8, 4) is 0 Å². The first-order valence-electron chi connectivity index (χ1n) is 12.1. The second-order valence-electron chi connectivity index (χ2n) is 10.6. The maximum Gasteiger partial charge on any atom is 0.345 e. The third-order valence-corrected chi connectivity index (χ3v) is 13.2. The number of carbonyl (C=O) groups excluding carboxylic acids is 1. The summed E-state index contributed by atoms with van der Waals surface area (Å²) in [6.45, 7) is 7.08. The van der Waals surface area contributed by atoms with Crippen LogP contribution in [-0.4, -0.2) is 18.2 Å². The minimum Gasteiger partial charge on any atom is -0.459 e. The van der Waals surface area contributed by atoms with Crippen molar-refractivity contribution < 1.29 is 9.53 Å². The van der Waals surface area contributed by atoms with E-state index in [0.29, 0.717) is 12.1 Å². The van der Waals surface area contributed by atoms with E-state index in [0.717, 1.165) is 12.8 Å². The average Bonchev–Trinajstić information content (AvgIpc) is 3.18. The molecule has 0 radical (unpaired) electrons. The fraction of sp³-hybridized carbons (Fsp3) is 0.367. The summed E-state index contributed by atoms with van der Waals surface area (Å²) in [6, 6.07) is 31.7. The van der Waals surface area contributed by atoms with Gasteiger partial charge in [-0.3, -0.25) is 0 Å². The Labute approximate surface area is 210 Å². The summed E-state index contributed by atoms with van der Waals surface area (Å²) in [5, 5.41) is 3.66. The van der Waals surface area contributed by atoms with Crippen LogP contribution in [0.3, 0.4) is 0 Å². The molecule has 2 saturated carbocycles. The van der Waals surface area contributed by atoms with Crippen LogP contribution in [0.25, 0.3) is 0 Å². The number of fused-ring (bicyclic) bond motifs is 2. The van der Waals surface area contributed by atoms with Crippen LogP contribution in [0.4, 0.5) is 0 Å². The number of benzene rings is 3. The highest BCUT2D eigenvalue weighted by atomic mass is 35.5. The van der Waals surface area contributed by atoms with Crippen molar-refractivity contribution in [1.82, 2.24) is 0 Å². The first-order chi connectivity index (χ1) is 15.9. The van der Waals surface area contributed by atoms with Gasteiger partial charge < -0.3 is 4.74 Å². The first-order valence-corrected chi connectivity index (χ1v) is 14.1. The molecule has 2 aliphatic carbocycles. The van der Waals surface area contributed by atoms with Gasteiger partial charge in [-0.15, -0.1) is 12.4 Å². The molecule has 3 aromatic rings. The Kier molecular flexibility index (Phi) is 6.96. The summed E-state index contributed by atoms with van der Waals surface area (Å²) in [6.07, 6.45) is 3.82. The van der Waals surface area contributed by atoms with Crippen molar-refractivity contribution in [3.05, 3.63) is 91.0 Å². The lowest BCUT2D eigenvalue weighted by atomic mass is 9.70. The summed E-state index contributed by atoms with van der Waals surface area (Å²) in [5.41, 5.74) is 0.295.